The lowest BCUT2D eigenvalue weighted by atomic mass is 10.2. The SMILES string of the molecule is c1ccc2c(N3CCN(c4cnsn4)CC3)ncnc2c1. The van der Waals surface area contributed by atoms with Crippen molar-refractivity contribution in [1.82, 2.24) is 18.7 Å². The molecule has 1 fully saturated rings. The van der Waals surface area contributed by atoms with Gasteiger partial charge in [0, 0.05) is 31.6 Å². The highest BCUT2D eigenvalue weighted by Crippen LogP contribution is 2.24. The summed E-state index contributed by atoms with van der Waals surface area (Å²) in [6.07, 6.45) is 3.48. The molecule has 3 aromatic rings. The van der Waals surface area contributed by atoms with E-state index in [1.54, 1.807) is 6.33 Å². The third-order valence-electron chi connectivity index (χ3n) is 3.77. The van der Waals surface area contributed by atoms with Crippen LogP contribution in [-0.2, 0) is 0 Å². The number of para-hydroxylation sites is 1. The van der Waals surface area contributed by atoms with Crippen molar-refractivity contribution >= 4 is 34.3 Å². The molecular formula is C14H14N6S. The summed E-state index contributed by atoms with van der Waals surface area (Å²) in [4.78, 5) is 13.4. The Morgan fingerprint density at radius 1 is 0.952 bits per heavy atom. The van der Waals surface area contributed by atoms with E-state index in [1.165, 1.54) is 11.7 Å². The van der Waals surface area contributed by atoms with Crippen molar-refractivity contribution in [2.75, 3.05) is 36.0 Å². The Hall–Kier alpha value is -2.28. The van der Waals surface area contributed by atoms with Crippen LogP contribution in [0.3, 0.4) is 0 Å². The van der Waals surface area contributed by atoms with Crippen LogP contribution in [0.15, 0.2) is 36.8 Å². The number of hydrogen-bond donors (Lipinski definition) is 0. The van der Waals surface area contributed by atoms with Gasteiger partial charge in [-0.25, -0.2) is 9.97 Å². The quantitative estimate of drug-likeness (QED) is 0.719. The van der Waals surface area contributed by atoms with E-state index in [-0.39, 0.29) is 0 Å². The van der Waals surface area contributed by atoms with E-state index in [1.807, 2.05) is 24.4 Å². The Morgan fingerprint density at radius 2 is 1.76 bits per heavy atom. The summed E-state index contributed by atoms with van der Waals surface area (Å²) in [5, 5.41) is 1.11. The van der Waals surface area contributed by atoms with E-state index in [4.69, 9.17) is 0 Å². The van der Waals surface area contributed by atoms with Crippen LogP contribution in [0.5, 0.6) is 0 Å². The zero-order valence-corrected chi connectivity index (χ0v) is 12.2. The zero-order valence-electron chi connectivity index (χ0n) is 11.4. The Labute approximate surface area is 126 Å². The number of rotatable bonds is 2. The predicted molar refractivity (Wildman–Crippen MR) is 83.9 cm³/mol. The average Bonchev–Trinajstić information content (AvgIpc) is 3.09. The lowest BCUT2D eigenvalue weighted by Gasteiger charge is -2.35. The third-order valence-corrected chi connectivity index (χ3v) is 4.24. The summed E-state index contributed by atoms with van der Waals surface area (Å²) in [6.45, 7) is 3.73. The molecule has 0 N–H and O–H groups in total. The fourth-order valence-corrected chi connectivity index (χ4v) is 3.12. The molecule has 0 aliphatic carbocycles. The highest BCUT2D eigenvalue weighted by molar-refractivity contribution is 6.99. The summed E-state index contributed by atoms with van der Waals surface area (Å²) >= 11 is 1.26. The number of hydrogen-bond acceptors (Lipinski definition) is 7. The largest absolute Gasteiger partial charge is 0.352 e. The van der Waals surface area contributed by atoms with Crippen molar-refractivity contribution < 1.29 is 0 Å². The molecule has 21 heavy (non-hydrogen) atoms. The van der Waals surface area contributed by atoms with Gasteiger partial charge in [0.15, 0.2) is 5.82 Å². The fourth-order valence-electron chi connectivity index (χ4n) is 2.69. The minimum absolute atomic E-state index is 0.929. The molecule has 0 saturated carbocycles. The fraction of sp³-hybridized carbons (Fsp3) is 0.286. The first kappa shape index (κ1) is 12.5. The molecule has 1 aromatic carbocycles. The summed E-state index contributed by atoms with van der Waals surface area (Å²) < 4.78 is 8.37. The van der Waals surface area contributed by atoms with E-state index in [0.29, 0.717) is 0 Å². The van der Waals surface area contributed by atoms with E-state index >= 15 is 0 Å². The molecule has 0 atom stereocenters. The highest BCUT2D eigenvalue weighted by Gasteiger charge is 2.21. The average molecular weight is 298 g/mol. The second-order valence-corrected chi connectivity index (χ2v) is 5.51. The number of piperazine rings is 1. The molecule has 0 bridgehead atoms. The zero-order chi connectivity index (χ0) is 14.1. The summed E-state index contributed by atoms with van der Waals surface area (Å²) in [5.41, 5.74) is 0.994. The standard InChI is InChI=1S/C14H14N6S/c1-2-4-12-11(3-1)14(16-10-15-12)20-7-5-19(6-8-20)13-9-17-21-18-13/h1-4,9-10H,5-8H2. The van der Waals surface area contributed by atoms with Gasteiger partial charge >= 0.3 is 0 Å². The molecule has 1 saturated heterocycles. The summed E-state index contributed by atoms with van der Waals surface area (Å²) in [7, 11) is 0. The minimum atomic E-state index is 0.929. The van der Waals surface area contributed by atoms with Gasteiger partial charge in [-0.3, -0.25) is 0 Å². The highest BCUT2D eigenvalue weighted by atomic mass is 32.1. The molecule has 2 aromatic heterocycles. The molecule has 106 valence electrons. The number of anilines is 2. The lowest BCUT2D eigenvalue weighted by molar-refractivity contribution is 0.645. The van der Waals surface area contributed by atoms with Gasteiger partial charge in [0.2, 0.25) is 0 Å². The van der Waals surface area contributed by atoms with Crippen molar-refractivity contribution in [3.63, 3.8) is 0 Å². The normalized spacial score (nSPS) is 15.6. The van der Waals surface area contributed by atoms with E-state index in [2.05, 4.69) is 34.6 Å². The summed E-state index contributed by atoms with van der Waals surface area (Å²) in [6, 6.07) is 8.15. The van der Waals surface area contributed by atoms with Crippen LogP contribution >= 0.6 is 11.7 Å². The van der Waals surface area contributed by atoms with Gasteiger partial charge in [-0.05, 0) is 12.1 Å². The van der Waals surface area contributed by atoms with Gasteiger partial charge in [-0.1, -0.05) is 12.1 Å². The molecule has 0 radical (unpaired) electrons. The van der Waals surface area contributed by atoms with Crippen molar-refractivity contribution in [3.05, 3.63) is 36.8 Å². The maximum absolute atomic E-state index is 4.49. The number of nitrogens with zero attached hydrogens (tertiary/aromatic N) is 6. The van der Waals surface area contributed by atoms with E-state index in [0.717, 1.165) is 48.7 Å². The third kappa shape index (κ3) is 2.29. The monoisotopic (exact) mass is 298 g/mol. The predicted octanol–water partition coefficient (Wildman–Crippen LogP) is 1.81. The van der Waals surface area contributed by atoms with Crippen LogP contribution in [0.4, 0.5) is 11.6 Å². The molecule has 1 aliphatic rings. The van der Waals surface area contributed by atoms with Crippen molar-refractivity contribution in [1.29, 1.82) is 0 Å². The number of fused-ring (bicyclic) bond motifs is 1. The van der Waals surface area contributed by atoms with Crippen molar-refractivity contribution in [2.45, 2.75) is 0 Å². The molecule has 0 spiro atoms. The topological polar surface area (TPSA) is 58.0 Å². The van der Waals surface area contributed by atoms with Gasteiger partial charge in [-0.2, -0.15) is 8.75 Å². The van der Waals surface area contributed by atoms with Crippen LogP contribution < -0.4 is 9.80 Å². The van der Waals surface area contributed by atoms with Crippen LogP contribution in [0.2, 0.25) is 0 Å². The van der Waals surface area contributed by atoms with Gasteiger partial charge in [0.25, 0.3) is 0 Å². The maximum Gasteiger partial charge on any atom is 0.162 e. The Balaban J connectivity index is 1.58. The Morgan fingerprint density at radius 3 is 2.57 bits per heavy atom. The van der Waals surface area contributed by atoms with Gasteiger partial charge < -0.3 is 9.80 Å². The van der Waals surface area contributed by atoms with Gasteiger partial charge in [0.05, 0.1) is 23.4 Å². The minimum Gasteiger partial charge on any atom is -0.352 e. The van der Waals surface area contributed by atoms with E-state index in [9.17, 15) is 0 Å². The van der Waals surface area contributed by atoms with Gasteiger partial charge in [0.1, 0.15) is 12.1 Å². The number of aromatic nitrogens is 4. The first-order chi connectivity index (χ1) is 10.4. The Kier molecular flexibility index (Phi) is 3.11. The van der Waals surface area contributed by atoms with Crippen molar-refractivity contribution in [2.24, 2.45) is 0 Å². The smallest absolute Gasteiger partial charge is 0.162 e. The maximum atomic E-state index is 4.49. The second-order valence-electron chi connectivity index (χ2n) is 4.95. The molecule has 7 heteroatoms. The molecule has 0 unspecified atom stereocenters. The summed E-state index contributed by atoms with van der Waals surface area (Å²) in [5.74, 6) is 2.00. The second kappa shape index (κ2) is 5.25. The number of benzene rings is 1. The van der Waals surface area contributed by atoms with Crippen molar-refractivity contribution in [3.8, 4) is 0 Å². The molecule has 0 amide bonds. The first-order valence-corrected chi connectivity index (χ1v) is 7.62. The van der Waals surface area contributed by atoms with Crippen LogP contribution in [0.25, 0.3) is 10.9 Å². The molecular weight excluding hydrogens is 284 g/mol. The van der Waals surface area contributed by atoms with Crippen LogP contribution in [0.1, 0.15) is 0 Å². The Bertz CT molecular complexity index is 731. The lowest BCUT2D eigenvalue weighted by Crippen LogP contribution is -2.47. The molecule has 3 heterocycles. The molecule has 4 rings (SSSR count). The van der Waals surface area contributed by atoms with Crippen LogP contribution in [0, 0.1) is 0 Å². The first-order valence-electron chi connectivity index (χ1n) is 6.89. The van der Waals surface area contributed by atoms with Gasteiger partial charge in [-0.15, -0.1) is 0 Å². The molecule has 6 nitrogen and oxygen atoms in total. The molecule has 1 aliphatic heterocycles. The van der Waals surface area contributed by atoms with E-state index < -0.39 is 0 Å². The van der Waals surface area contributed by atoms with Crippen LogP contribution in [-0.4, -0.2) is 44.9 Å².